The summed E-state index contributed by atoms with van der Waals surface area (Å²) in [6.07, 6.45) is 0. The number of aromatic nitrogens is 3. The Morgan fingerprint density at radius 1 is 1.38 bits per heavy atom. The van der Waals surface area contributed by atoms with Crippen LogP contribution in [0, 0.1) is 6.92 Å². The van der Waals surface area contributed by atoms with Crippen LogP contribution in [0.1, 0.15) is 31.5 Å². The molecular weight excluding hydrogens is 164 g/mol. The molecule has 0 saturated carbocycles. The maximum absolute atomic E-state index is 4.41. The molecule has 1 heterocycles. The van der Waals surface area contributed by atoms with E-state index in [4.69, 9.17) is 0 Å². The molecule has 0 saturated heterocycles. The van der Waals surface area contributed by atoms with Gasteiger partial charge in [0.25, 0.3) is 0 Å². The van der Waals surface area contributed by atoms with Crippen molar-refractivity contribution in [1.29, 1.82) is 0 Å². The highest BCUT2D eigenvalue weighted by atomic mass is 15.4. The molecule has 4 nitrogen and oxygen atoms in total. The van der Waals surface area contributed by atoms with Gasteiger partial charge in [-0.15, -0.1) is 0 Å². The maximum Gasteiger partial charge on any atom is 0.164 e. The summed E-state index contributed by atoms with van der Waals surface area (Å²) in [5.41, 5.74) is 0. The van der Waals surface area contributed by atoms with Gasteiger partial charge in [-0.1, -0.05) is 0 Å². The van der Waals surface area contributed by atoms with Crippen molar-refractivity contribution in [3.05, 3.63) is 11.6 Å². The molecule has 74 valence electrons. The number of nitrogens with zero attached hydrogens (tertiary/aromatic N) is 4. The van der Waals surface area contributed by atoms with E-state index in [0.717, 1.165) is 18.2 Å². The monoisotopic (exact) mass is 182 g/mol. The third kappa shape index (κ3) is 2.52. The molecule has 0 unspecified atom stereocenters. The average molecular weight is 182 g/mol. The Hall–Kier alpha value is -0.900. The van der Waals surface area contributed by atoms with Crippen molar-refractivity contribution in [3.8, 4) is 0 Å². The van der Waals surface area contributed by atoms with Crippen molar-refractivity contribution in [3.63, 3.8) is 0 Å². The Labute approximate surface area is 79.6 Å². The Morgan fingerprint density at radius 3 is 2.38 bits per heavy atom. The molecule has 0 aliphatic rings. The molecule has 0 N–H and O–H groups in total. The zero-order valence-electron chi connectivity index (χ0n) is 9.07. The van der Waals surface area contributed by atoms with Crippen LogP contribution in [0.5, 0.6) is 0 Å². The fourth-order valence-electron chi connectivity index (χ4n) is 1.30. The lowest BCUT2D eigenvalue weighted by atomic mass is 10.4. The molecule has 1 aromatic rings. The van der Waals surface area contributed by atoms with Gasteiger partial charge in [-0.05, 0) is 34.9 Å². The highest BCUT2D eigenvalue weighted by Gasteiger charge is 2.08. The molecule has 0 radical (unpaired) electrons. The van der Waals surface area contributed by atoms with Gasteiger partial charge in [0.1, 0.15) is 5.82 Å². The van der Waals surface area contributed by atoms with Gasteiger partial charge in [0.15, 0.2) is 5.82 Å². The van der Waals surface area contributed by atoms with Crippen LogP contribution in [-0.4, -0.2) is 33.8 Å². The van der Waals surface area contributed by atoms with Gasteiger partial charge >= 0.3 is 0 Å². The van der Waals surface area contributed by atoms with E-state index in [1.165, 1.54) is 0 Å². The predicted octanol–water partition coefficient (Wildman–Crippen LogP) is 1.23. The Bertz CT molecular complexity index is 275. The number of rotatable bonds is 3. The quantitative estimate of drug-likeness (QED) is 0.705. The van der Waals surface area contributed by atoms with Gasteiger partial charge in [0.05, 0.1) is 6.54 Å². The van der Waals surface area contributed by atoms with Crippen LogP contribution in [-0.2, 0) is 6.54 Å². The Balaban J connectivity index is 2.82. The molecule has 0 bridgehead atoms. The number of hydrogen-bond acceptors (Lipinski definition) is 3. The first kappa shape index (κ1) is 10.2. The minimum atomic E-state index is 0.392. The summed E-state index contributed by atoms with van der Waals surface area (Å²) < 4.78 is 1.96. The van der Waals surface area contributed by atoms with Crippen molar-refractivity contribution < 1.29 is 0 Å². The third-order valence-corrected chi connectivity index (χ3v) is 1.79. The molecular formula is C9H18N4. The molecule has 1 rings (SSSR count). The lowest BCUT2D eigenvalue weighted by Crippen LogP contribution is -2.12. The summed E-state index contributed by atoms with van der Waals surface area (Å²) in [4.78, 5) is 6.45. The topological polar surface area (TPSA) is 34.0 Å². The SMILES string of the molecule is Cc1nc(CN(C)C)nn1C(C)C. The van der Waals surface area contributed by atoms with E-state index >= 15 is 0 Å². The summed E-state index contributed by atoms with van der Waals surface area (Å²) in [5.74, 6) is 1.89. The van der Waals surface area contributed by atoms with Crippen LogP contribution in [0.25, 0.3) is 0 Å². The second-order valence-electron chi connectivity index (χ2n) is 3.85. The molecule has 1 aromatic heterocycles. The van der Waals surface area contributed by atoms with Crippen LogP contribution in [0.3, 0.4) is 0 Å². The molecule has 0 amide bonds. The van der Waals surface area contributed by atoms with E-state index < -0.39 is 0 Å². The van der Waals surface area contributed by atoms with Crippen molar-refractivity contribution in [2.45, 2.75) is 33.4 Å². The second kappa shape index (κ2) is 3.87. The number of aryl methyl sites for hydroxylation is 1. The van der Waals surface area contributed by atoms with Gasteiger partial charge in [0.2, 0.25) is 0 Å². The summed E-state index contributed by atoms with van der Waals surface area (Å²) in [6, 6.07) is 0.392. The van der Waals surface area contributed by atoms with Crippen LogP contribution in [0.4, 0.5) is 0 Å². The van der Waals surface area contributed by atoms with Gasteiger partial charge < -0.3 is 4.90 Å². The van der Waals surface area contributed by atoms with Crippen LogP contribution < -0.4 is 0 Å². The minimum absolute atomic E-state index is 0.392. The fraction of sp³-hybridized carbons (Fsp3) is 0.778. The van der Waals surface area contributed by atoms with Crippen molar-refractivity contribution in [1.82, 2.24) is 19.7 Å². The lowest BCUT2D eigenvalue weighted by Gasteiger charge is -2.06. The first-order chi connectivity index (χ1) is 6.00. The van der Waals surface area contributed by atoms with E-state index in [1.54, 1.807) is 0 Å². The molecule has 0 atom stereocenters. The van der Waals surface area contributed by atoms with E-state index in [1.807, 2.05) is 25.7 Å². The first-order valence-corrected chi connectivity index (χ1v) is 4.57. The molecule has 13 heavy (non-hydrogen) atoms. The zero-order chi connectivity index (χ0) is 10.0. The summed E-state index contributed by atoms with van der Waals surface area (Å²) in [6.45, 7) is 7.02. The highest BCUT2D eigenvalue weighted by Crippen LogP contribution is 2.06. The van der Waals surface area contributed by atoms with Crippen LogP contribution >= 0.6 is 0 Å². The number of hydrogen-bond donors (Lipinski definition) is 0. The summed E-state index contributed by atoms with van der Waals surface area (Å²) in [7, 11) is 4.04. The second-order valence-corrected chi connectivity index (χ2v) is 3.85. The highest BCUT2D eigenvalue weighted by molar-refractivity contribution is 4.91. The van der Waals surface area contributed by atoms with Gasteiger partial charge in [-0.3, -0.25) is 0 Å². The third-order valence-electron chi connectivity index (χ3n) is 1.79. The van der Waals surface area contributed by atoms with Gasteiger partial charge in [-0.25, -0.2) is 9.67 Å². The Morgan fingerprint density at radius 2 is 2.00 bits per heavy atom. The predicted molar refractivity (Wildman–Crippen MR) is 52.5 cm³/mol. The van der Waals surface area contributed by atoms with E-state index in [0.29, 0.717) is 6.04 Å². The summed E-state index contributed by atoms with van der Waals surface area (Å²) >= 11 is 0. The van der Waals surface area contributed by atoms with Gasteiger partial charge in [0, 0.05) is 6.04 Å². The Kier molecular flexibility index (Phi) is 3.03. The smallest absolute Gasteiger partial charge is 0.164 e. The molecule has 0 aromatic carbocycles. The zero-order valence-corrected chi connectivity index (χ0v) is 9.07. The molecule has 0 aliphatic heterocycles. The van der Waals surface area contributed by atoms with E-state index in [9.17, 15) is 0 Å². The lowest BCUT2D eigenvalue weighted by molar-refractivity contribution is 0.386. The largest absolute Gasteiger partial charge is 0.302 e. The van der Waals surface area contributed by atoms with Gasteiger partial charge in [-0.2, -0.15) is 5.10 Å². The maximum atomic E-state index is 4.41. The minimum Gasteiger partial charge on any atom is -0.302 e. The molecule has 0 aliphatic carbocycles. The standard InChI is InChI=1S/C9H18N4/c1-7(2)13-8(3)10-9(11-13)6-12(4)5/h7H,6H2,1-5H3. The van der Waals surface area contributed by atoms with Crippen molar-refractivity contribution in [2.75, 3.05) is 14.1 Å². The van der Waals surface area contributed by atoms with E-state index in [-0.39, 0.29) is 0 Å². The molecule has 4 heteroatoms. The van der Waals surface area contributed by atoms with Crippen molar-refractivity contribution >= 4 is 0 Å². The normalized spacial score (nSPS) is 11.6. The van der Waals surface area contributed by atoms with Crippen LogP contribution in [0.2, 0.25) is 0 Å². The van der Waals surface area contributed by atoms with Crippen molar-refractivity contribution in [2.24, 2.45) is 0 Å². The first-order valence-electron chi connectivity index (χ1n) is 4.57. The molecule has 0 spiro atoms. The van der Waals surface area contributed by atoms with E-state index in [2.05, 4.69) is 28.8 Å². The fourth-order valence-corrected chi connectivity index (χ4v) is 1.30. The van der Waals surface area contributed by atoms with Crippen LogP contribution in [0.15, 0.2) is 0 Å². The summed E-state index contributed by atoms with van der Waals surface area (Å²) in [5, 5.41) is 4.41. The average Bonchev–Trinajstić information content (AvgIpc) is 2.29. The molecule has 0 fully saturated rings.